The number of hydrogen-bond donors (Lipinski definition) is 0. The number of hydrogen-bond acceptors (Lipinski definition) is 7. The van der Waals surface area contributed by atoms with E-state index in [1.54, 1.807) is 6.92 Å². The second-order valence-electron chi connectivity index (χ2n) is 4.93. The lowest BCUT2D eigenvalue weighted by Gasteiger charge is -2.11. The van der Waals surface area contributed by atoms with Gasteiger partial charge >= 0.3 is 11.9 Å². The lowest BCUT2D eigenvalue weighted by molar-refractivity contribution is -0.132. The maximum Gasteiger partial charge on any atom is 0.308 e. The van der Waals surface area contributed by atoms with Crippen molar-refractivity contribution in [3.05, 3.63) is 34.4 Å². The summed E-state index contributed by atoms with van der Waals surface area (Å²) >= 11 is 0. The van der Waals surface area contributed by atoms with Crippen LogP contribution in [0.4, 0.5) is 0 Å². The van der Waals surface area contributed by atoms with Gasteiger partial charge in [0.1, 0.15) is 11.1 Å². The van der Waals surface area contributed by atoms with E-state index in [2.05, 4.69) is 0 Å². The SMILES string of the molecule is CC(=O)Oc1c2occc2c(OC(C)=O)c2c(=O)cc(C)oc12. The van der Waals surface area contributed by atoms with E-state index in [1.807, 2.05) is 0 Å². The molecule has 7 nitrogen and oxygen atoms in total. The van der Waals surface area contributed by atoms with Gasteiger partial charge < -0.3 is 18.3 Å². The Labute approximate surface area is 129 Å². The van der Waals surface area contributed by atoms with Crippen LogP contribution in [0.5, 0.6) is 11.5 Å². The minimum absolute atomic E-state index is 0.0101. The average molecular weight is 316 g/mol. The lowest BCUT2D eigenvalue weighted by Crippen LogP contribution is -2.10. The van der Waals surface area contributed by atoms with Crippen molar-refractivity contribution in [1.82, 2.24) is 0 Å². The molecule has 3 rings (SSSR count). The van der Waals surface area contributed by atoms with Gasteiger partial charge in [-0.15, -0.1) is 0 Å². The molecule has 0 saturated carbocycles. The van der Waals surface area contributed by atoms with Gasteiger partial charge in [-0.3, -0.25) is 14.4 Å². The van der Waals surface area contributed by atoms with E-state index in [-0.39, 0.29) is 28.1 Å². The maximum absolute atomic E-state index is 12.4. The number of ether oxygens (including phenoxy) is 2. The summed E-state index contributed by atoms with van der Waals surface area (Å²) in [6.45, 7) is 4.01. The fraction of sp³-hybridized carbons (Fsp3) is 0.188. The van der Waals surface area contributed by atoms with Crippen molar-refractivity contribution in [3.8, 4) is 11.5 Å². The Morgan fingerprint density at radius 3 is 2.35 bits per heavy atom. The summed E-state index contributed by atoms with van der Waals surface area (Å²) in [4.78, 5) is 35.2. The van der Waals surface area contributed by atoms with E-state index in [0.717, 1.165) is 0 Å². The van der Waals surface area contributed by atoms with Crippen LogP contribution >= 0.6 is 0 Å². The zero-order chi connectivity index (χ0) is 16.7. The molecule has 0 unspecified atom stereocenters. The van der Waals surface area contributed by atoms with Crippen LogP contribution in [0.2, 0.25) is 0 Å². The average Bonchev–Trinajstić information content (AvgIpc) is 2.90. The maximum atomic E-state index is 12.4. The van der Waals surface area contributed by atoms with Gasteiger partial charge in [0, 0.05) is 19.9 Å². The van der Waals surface area contributed by atoms with Gasteiger partial charge in [-0.05, 0) is 13.0 Å². The number of rotatable bonds is 2. The summed E-state index contributed by atoms with van der Waals surface area (Å²) in [5, 5.41) is 0.344. The second-order valence-corrected chi connectivity index (χ2v) is 4.93. The number of fused-ring (bicyclic) bond motifs is 2. The van der Waals surface area contributed by atoms with Crippen LogP contribution in [0.1, 0.15) is 19.6 Å². The summed E-state index contributed by atoms with van der Waals surface area (Å²) in [6.07, 6.45) is 1.33. The first-order chi connectivity index (χ1) is 10.9. The highest BCUT2D eigenvalue weighted by Gasteiger charge is 2.25. The Kier molecular flexibility index (Phi) is 3.40. The highest BCUT2D eigenvalue weighted by molar-refractivity contribution is 6.08. The standard InChI is InChI=1S/C16H12O7/c1-7-6-11(19)12-13(22-8(2)17)10-4-5-20-14(10)16(15(12)21-7)23-9(3)18/h4-6H,1-3H3. The Bertz CT molecular complexity index is 1010. The van der Waals surface area contributed by atoms with E-state index < -0.39 is 17.4 Å². The molecule has 0 amide bonds. The van der Waals surface area contributed by atoms with Crippen molar-refractivity contribution in [2.24, 2.45) is 0 Å². The van der Waals surface area contributed by atoms with E-state index >= 15 is 0 Å². The lowest BCUT2D eigenvalue weighted by atomic mass is 10.1. The third-order valence-corrected chi connectivity index (χ3v) is 3.11. The first-order valence-corrected chi connectivity index (χ1v) is 6.73. The predicted molar refractivity (Wildman–Crippen MR) is 79.6 cm³/mol. The number of furan rings is 1. The minimum Gasteiger partial charge on any atom is -0.460 e. The fourth-order valence-corrected chi connectivity index (χ4v) is 2.37. The van der Waals surface area contributed by atoms with Crippen molar-refractivity contribution in [1.29, 1.82) is 0 Å². The van der Waals surface area contributed by atoms with Crippen molar-refractivity contribution in [3.63, 3.8) is 0 Å². The first-order valence-electron chi connectivity index (χ1n) is 6.73. The van der Waals surface area contributed by atoms with Gasteiger partial charge in [0.2, 0.25) is 5.75 Å². The number of aryl methyl sites for hydroxylation is 1. The van der Waals surface area contributed by atoms with Crippen LogP contribution in [0.15, 0.2) is 32.0 Å². The molecule has 23 heavy (non-hydrogen) atoms. The van der Waals surface area contributed by atoms with E-state index in [1.165, 1.54) is 32.2 Å². The highest BCUT2D eigenvalue weighted by Crippen LogP contribution is 2.42. The zero-order valence-corrected chi connectivity index (χ0v) is 12.6. The predicted octanol–water partition coefficient (Wildman–Crippen LogP) is 2.70. The molecular weight excluding hydrogens is 304 g/mol. The smallest absolute Gasteiger partial charge is 0.308 e. The summed E-state index contributed by atoms with van der Waals surface area (Å²) in [6, 6.07) is 2.78. The molecule has 2 aromatic heterocycles. The molecule has 0 atom stereocenters. The Hall–Kier alpha value is -3.09. The fourth-order valence-electron chi connectivity index (χ4n) is 2.37. The molecule has 3 aromatic rings. The Balaban J connectivity index is 2.55. The van der Waals surface area contributed by atoms with Gasteiger partial charge in [0.05, 0.1) is 11.6 Å². The molecule has 0 aliphatic heterocycles. The topological polar surface area (TPSA) is 96.0 Å². The van der Waals surface area contributed by atoms with Crippen LogP contribution in [0, 0.1) is 6.92 Å². The van der Waals surface area contributed by atoms with Crippen LogP contribution < -0.4 is 14.9 Å². The highest BCUT2D eigenvalue weighted by atomic mass is 16.6. The summed E-state index contributed by atoms with van der Waals surface area (Å²) in [5.41, 5.74) is -0.280. The van der Waals surface area contributed by atoms with E-state index in [0.29, 0.717) is 11.1 Å². The third-order valence-electron chi connectivity index (χ3n) is 3.11. The molecule has 0 aliphatic carbocycles. The quantitative estimate of drug-likeness (QED) is 0.529. The monoisotopic (exact) mass is 316 g/mol. The van der Waals surface area contributed by atoms with Crippen LogP contribution in [-0.2, 0) is 9.59 Å². The van der Waals surface area contributed by atoms with Crippen molar-refractivity contribution in [2.45, 2.75) is 20.8 Å². The Morgan fingerprint density at radius 1 is 1.04 bits per heavy atom. The molecule has 0 saturated heterocycles. The molecule has 0 bridgehead atoms. The first kappa shape index (κ1) is 14.8. The molecule has 118 valence electrons. The van der Waals surface area contributed by atoms with Gasteiger partial charge in [-0.25, -0.2) is 0 Å². The summed E-state index contributed by atoms with van der Waals surface area (Å²) in [5.74, 6) is -0.900. The van der Waals surface area contributed by atoms with Gasteiger partial charge in [-0.2, -0.15) is 0 Å². The molecule has 0 N–H and O–H groups in total. The Morgan fingerprint density at radius 2 is 1.70 bits per heavy atom. The molecule has 0 spiro atoms. The zero-order valence-electron chi connectivity index (χ0n) is 12.6. The molecule has 7 heteroatoms. The van der Waals surface area contributed by atoms with Gasteiger partial charge in [0.25, 0.3) is 0 Å². The summed E-state index contributed by atoms with van der Waals surface area (Å²) in [7, 11) is 0. The van der Waals surface area contributed by atoms with E-state index in [4.69, 9.17) is 18.3 Å². The van der Waals surface area contributed by atoms with Crippen LogP contribution in [0.3, 0.4) is 0 Å². The molecular formula is C16H12O7. The summed E-state index contributed by atoms with van der Waals surface area (Å²) < 4.78 is 21.2. The van der Waals surface area contributed by atoms with Crippen molar-refractivity contribution >= 4 is 33.9 Å². The number of benzene rings is 1. The largest absolute Gasteiger partial charge is 0.460 e. The third kappa shape index (κ3) is 2.46. The second kappa shape index (κ2) is 5.28. The minimum atomic E-state index is -0.603. The van der Waals surface area contributed by atoms with Crippen LogP contribution in [0.25, 0.3) is 21.9 Å². The molecule has 2 heterocycles. The molecule has 1 aromatic carbocycles. The number of esters is 2. The van der Waals surface area contributed by atoms with Gasteiger partial charge in [0.15, 0.2) is 22.3 Å². The normalized spacial score (nSPS) is 10.9. The van der Waals surface area contributed by atoms with Crippen molar-refractivity contribution in [2.75, 3.05) is 0 Å². The van der Waals surface area contributed by atoms with Gasteiger partial charge in [-0.1, -0.05) is 0 Å². The van der Waals surface area contributed by atoms with Crippen LogP contribution in [-0.4, -0.2) is 11.9 Å². The van der Waals surface area contributed by atoms with E-state index in [9.17, 15) is 14.4 Å². The number of carbonyl (C=O) groups is 2. The van der Waals surface area contributed by atoms with Crippen molar-refractivity contribution < 1.29 is 27.9 Å². The number of carbonyl (C=O) groups excluding carboxylic acids is 2. The molecule has 0 fully saturated rings. The molecule has 0 radical (unpaired) electrons. The molecule has 0 aliphatic rings.